The minimum absolute atomic E-state index is 0.000346. The smallest absolute Gasteiger partial charge is 0.303 e. The first-order valence-corrected chi connectivity index (χ1v) is 15.5. The molecule has 1 aliphatic heterocycles. The second-order valence-corrected chi connectivity index (χ2v) is 11.8. The van der Waals surface area contributed by atoms with Gasteiger partial charge in [-0.15, -0.1) is 0 Å². The van der Waals surface area contributed by atoms with Gasteiger partial charge in [-0.3, -0.25) is 9.59 Å². The van der Waals surface area contributed by atoms with E-state index >= 15 is 0 Å². The summed E-state index contributed by atoms with van der Waals surface area (Å²) in [7, 11) is 1.98. The van der Waals surface area contributed by atoms with Crippen molar-refractivity contribution in [1.82, 2.24) is 14.9 Å². The van der Waals surface area contributed by atoms with Crippen LogP contribution in [0.4, 0.5) is 0 Å². The summed E-state index contributed by atoms with van der Waals surface area (Å²) in [4.78, 5) is 27.8. The van der Waals surface area contributed by atoms with Gasteiger partial charge in [0.1, 0.15) is 0 Å². The van der Waals surface area contributed by atoms with Gasteiger partial charge in [0.2, 0.25) is 0 Å². The molecule has 1 saturated heterocycles. The minimum Gasteiger partial charge on any atom is -0.453 e. The molecule has 4 atom stereocenters. The van der Waals surface area contributed by atoms with Crippen molar-refractivity contribution in [1.29, 1.82) is 0 Å². The molecule has 1 fully saturated rings. The lowest BCUT2D eigenvalue weighted by Crippen LogP contribution is -2.35. The van der Waals surface area contributed by atoms with Crippen LogP contribution in [-0.4, -0.2) is 44.5 Å². The second kappa shape index (κ2) is 14.7. The molecule has 44 heavy (non-hydrogen) atoms. The highest BCUT2D eigenvalue weighted by molar-refractivity contribution is 7.99. The number of thioether (sulfide) groups is 1. The predicted molar refractivity (Wildman–Crippen MR) is 167 cm³/mol. The molecule has 0 bridgehead atoms. The number of esters is 1. The van der Waals surface area contributed by atoms with E-state index in [1.54, 1.807) is 24.9 Å². The predicted octanol–water partition coefficient (Wildman–Crippen LogP) is 5.48. The van der Waals surface area contributed by atoms with Crippen molar-refractivity contribution < 1.29 is 28.9 Å². The zero-order valence-corrected chi connectivity index (χ0v) is 25.8. The summed E-state index contributed by atoms with van der Waals surface area (Å²) in [5.74, 6) is -0.105. The average Bonchev–Trinajstić information content (AvgIpc) is 3.46. The van der Waals surface area contributed by atoms with Gasteiger partial charge in [-0.25, -0.2) is 4.98 Å². The fourth-order valence-corrected chi connectivity index (χ4v) is 5.96. The van der Waals surface area contributed by atoms with Crippen LogP contribution in [-0.2, 0) is 44.0 Å². The van der Waals surface area contributed by atoms with Gasteiger partial charge in [-0.1, -0.05) is 78.5 Å². The van der Waals surface area contributed by atoms with Gasteiger partial charge >= 0.3 is 5.97 Å². The van der Waals surface area contributed by atoms with E-state index in [0.29, 0.717) is 13.0 Å². The molecule has 0 radical (unpaired) electrons. The normalized spacial score (nSPS) is 18.9. The van der Waals surface area contributed by atoms with Crippen molar-refractivity contribution in [2.75, 3.05) is 5.75 Å². The number of imidazole rings is 1. The molecule has 3 aromatic carbocycles. The van der Waals surface area contributed by atoms with Gasteiger partial charge in [-0.05, 0) is 40.8 Å². The highest BCUT2D eigenvalue weighted by atomic mass is 32.2. The van der Waals surface area contributed by atoms with Crippen LogP contribution < -0.4 is 5.32 Å². The van der Waals surface area contributed by atoms with E-state index in [4.69, 9.17) is 14.2 Å². The van der Waals surface area contributed by atoms with Crippen LogP contribution in [0.25, 0.3) is 11.1 Å². The van der Waals surface area contributed by atoms with Crippen molar-refractivity contribution in [3.63, 3.8) is 0 Å². The fraction of sp³-hybridized carbons (Fsp3) is 0.324. The molecule has 0 aliphatic carbocycles. The minimum atomic E-state index is -0.847. The summed E-state index contributed by atoms with van der Waals surface area (Å²) in [6.07, 6.45) is 2.81. The number of carbonyl (C=O) groups is 2. The molecule has 1 amide bonds. The lowest BCUT2D eigenvalue weighted by Gasteiger charge is -2.36. The molecular weight excluding hydrogens is 578 g/mol. The topological polar surface area (TPSA) is 112 Å². The summed E-state index contributed by atoms with van der Waals surface area (Å²) in [6, 6.07) is 23.9. The maximum Gasteiger partial charge on any atom is 0.303 e. The van der Waals surface area contributed by atoms with Gasteiger partial charge < -0.3 is 29.2 Å². The monoisotopic (exact) mass is 615 g/mol. The number of benzene rings is 3. The maximum absolute atomic E-state index is 12.2. The third-order valence-electron chi connectivity index (χ3n) is 7.41. The summed E-state index contributed by atoms with van der Waals surface area (Å²) >= 11 is 1.66. The van der Waals surface area contributed by atoms with Gasteiger partial charge in [0.05, 0.1) is 18.8 Å². The number of amides is 1. The Morgan fingerprint density at radius 3 is 2.48 bits per heavy atom. The van der Waals surface area contributed by atoms with E-state index in [9.17, 15) is 14.7 Å². The van der Waals surface area contributed by atoms with Gasteiger partial charge in [0, 0.05) is 50.6 Å². The van der Waals surface area contributed by atoms with Crippen molar-refractivity contribution in [2.24, 2.45) is 7.05 Å². The van der Waals surface area contributed by atoms with Crippen LogP contribution in [0.5, 0.6) is 0 Å². The Kier molecular flexibility index (Phi) is 10.5. The van der Waals surface area contributed by atoms with E-state index in [0.717, 1.165) is 44.3 Å². The number of hydrogen-bond acceptors (Lipinski definition) is 8. The SMILES string of the molecule is CC(=O)O[C@@H](C)C(=O)NCc1cccc(-c2ccc([C@H]3O[C@@H](CSc4nccn4C)C[C@@H](c4ccc(CO)cc4)O3)cc2)c1. The number of ether oxygens (including phenoxy) is 3. The molecule has 0 unspecified atom stereocenters. The Bertz CT molecular complexity index is 1560. The summed E-state index contributed by atoms with van der Waals surface area (Å²) < 4.78 is 19.9. The third-order valence-corrected chi connectivity index (χ3v) is 8.60. The molecule has 9 nitrogen and oxygen atoms in total. The Balaban J connectivity index is 1.28. The number of nitrogens with one attached hydrogen (secondary N) is 1. The molecule has 2 N–H and O–H groups in total. The summed E-state index contributed by atoms with van der Waals surface area (Å²) in [5.41, 5.74) is 5.78. The zero-order chi connectivity index (χ0) is 31.1. The number of nitrogens with zero attached hydrogens (tertiary/aromatic N) is 2. The summed E-state index contributed by atoms with van der Waals surface area (Å²) in [5, 5.41) is 13.2. The van der Waals surface area contributed by atoms with Crippen molar-refractivity contribution >= 4 is 23.6 Å². The van der Waals surface area contributed by atoms with Crippen LogP contribution in [0.2, 0.25) is 0 Å². The van der Waals surface area contributed by atoms with Crippen LogP contribution in [0.3, 0.4) is 0 Å². The van der Waals surface area contributed by atoms with Crippen molar-refractivity contribution in [3.05, 3.63) is 107 Å². The molecule has 0 saturated carbocycles. The van der Waals surface area contributed by atoms with Crippen LogP contribution in [0.1, 0.15) is 54.9 Å². The first-order chi connectivity index (χ1) is 21.3. The highest BCUT2D eigenvalue weighted by Gasteiger charge is 2.32. The molecule has 1 aliphatic rings. The first-order valence-electron chi connectivity index (χ1n) is 14.5. The average molecular weight is 616 g/mol. The van der Waals surface area contributed by atoms with E-state index in [-0.39, 0.29) is 24.7 Å². The fourth-order valence-electron chi connectivity index (χ4n) is 5.01. The van der Waals surface area contributed by atoms with E-state index in [2.05, 4.69) is 10.3 Å². The number of aliphatic hydroxyl groups excluding tert-OH is 1. The Hall–Kier alpha value is -3.96. The standard InChI is InChI=1S/C34H37N3O6S/c1-22(41-23(2)39)32(40)36-19-25-5-4-6-29(17-25)26-11-13-28(14-12-26)33-42-30(21-44-34-35-15-16-37(34)3)18-31(43-33)27-9-7-24(20-38)8-10-27/h4-17,22,30-31,33,38H,18-21H2,1-3H3,(H,36,40)/t22-,30+,31-,33-/m0/s1. The van der Waals surface area contributed by atoms with Crippen molar-refractivity contribution in [2.45, 2.75) is 63.2 Å². The zero-order valence-electron chi connectivity index (χ0n) is 25.0. The van der Waals surface area contributed by atoms with Crippen molar-refractivity contribution in [3.8, 4) is 11.1 Å². The highest BCUT2D eigenvalue weighted by Crippen LogP contribution is 2.39. The Labute approximate surface area is 261 Å². The molecule has 5 rings (SSSR count). The van der Waals surface area contributed by atoms with E-state index < -0.39 is 18.4 Å². The lowest BCUT2D eigenvalue weighted by atomic mass is 9.99. The number of aryl methyl sites for hydroxylation is 1. The third kappa shape index (κ3) is 8.15. The van der Waals surface area contributed by atoms with E-state index in [1.165, 1.54) is 6.92 Å². The van der Waals surface area contributed by atoms with E-state index in [1.807, 2.05) is 90.6 Å². The molecular formula is C34H37N3O6S. The molecule has 1 aromatic heterocycles. The van der Waals surface area contributed by atoms with Gasteiger partial charge in [0.15, 0.2) is 17.6 Å². The molecule has 230 valence electrons. The molecule has 2 heterocycles. The largest absolute Gasteiger partial charge is 0.453 e. The van der Waals surface area contributed by atoms with Gasteiger partial charge in [-0.2, -0.15) is 0 Å². The number of aliphatic hydroxyl groups is 1. The molecule has 10 heteroatoms. The lowest BCUT2D eigenvalue weighted by molar-refractivity contribution is -0.245. The van der Waals surface area contributed by atoms with Crippen LogP contribution >= 0.6 is 11.8 Å². The van der Waals surface area contributed by atoms with Crippen LogP contribution in [0, 0.1) is 0 Å². The number of aromatic nitrogens is 2. The number of carbonyl (C=O) groups excluding carboxylic acids is 2. The molecule has 0 spiro atoms. The first kappa shape index (κ1) is 31.5. The number of rotatable bonds is 11. The maximum atomic E-state index is 12.2. The Morgan fingerprint density at radius 1 is 1.05 bits per heavy atom. The second-order valence-electron chi connectivity index (χ2n) is 10.8. The quantitative estimate of drug-likeness (QED) is 0.168. The van der Waals surface area contributed by atoms with Crippen LogP contribution in [0.15, 0.2) is 90.3 Å². The van der Waals surface area contributed by atoms with Gasteiger partial charge in [0.25, 0.3) is 5.91 Å². The number of hydrogen-bond donors (Lipinski definition) is 2. The Morgan fingerprint density at radius 2 is 1.80 bits per heavy atom. The molecule has 4 aromatic rings. The summed E-state index contributed by atoms with van der Waals surface area (Å²) in [6.45, 7) is 3.14.